The zero-order valence-corrected chi connectivity index (χ0v) is 40.4. The Labute approximate surface area is 424 Å². The lowest BCUT2D eigenvalue weighted by atomic mass is 9.96. The van der Waals surface area contributed by atoms with E-state index in [-0.39, 0.29) is 0 Å². The fourth-order valence-corrected chi connectivity index (χ4v) is 9.16. The van der Waals surface area contributed by atoms with Crippen LogP contribution in [0.4, 0.5) is 0 Å². The van der Waals surface area contributed by atoms with Gasteiger partial charge in [-0.15, -0.1) is 0 Å². The van der Waals surface area contributed by atoms with E-state index in [0.29, 0.717) is 0 Å². The van der Waals surface area contributed by atoms with Gasteiger partial charge in [0, 0.05) is 0 Å². The molecule has 75 heavy (non-hydrogen) atoms. The van der Waals surface area contributed by atoms with E-state index in [4.69, 9.17) is 56.8 Å². The van der Waals surface area contributed by atoms with Crippen LogP contribution in [0.3, 0.4) is 0 Å². The minimum atomic E-state index is -5.68. The van der Waals surface area contributed by atoms with Gasteiger partial charge in [-0.05, 0) is 13.8 Å². The molecule has 12 unspecified atom stereocenters. The van der Waals surface area contributed by atoms with E-state index in [0.717, 1.165) is 0 Å². The second-order valence-electron chi connectivity index (χ2n) is 18.7. The second-order valence-corrected chi connectivity index (χ2v) is 19.8. The number of hydrogen-bond acceptors (Lipinski definition) is 35. The van der Waals surface area contributed by atoms with Crippen LogP contribution < -0.4 is 15.0 Å². The van der Waals surface area contributed by atoms with Crippen molar-refractivity contribution in [1.82, 2.24) is 0 Å². The fraction of sp³-hybridized carbons (Fsp3) is 1.00. The van der Waals surface area contributed by atoms with Gasteiger partial charge in [-0.1, -0.05) is 0 Å². The molecule has 36 heteroatoms. The molecule has 6 heterocycles. The van der Waals surface area contributed by atoms with Gasteiger partial charge in [0.25, 0.3) is 0 Å². The van der Waals surface area contributed by atoms with Crippen molar-refractivity contribution in [2.24, 2.45) is 0 Å². The highest BCUT2D eigenvalue weighted by Gasteiger charge is 2.56. The molecule has 0 aliphatic carbocycles. The maximum atomic E-state index is 11.7. The monoisotopic (exact) mass is 1130 g/mol. The molecular weight excluding hydrogens is 1060 g/mol. The van der Waals surface area contributed by atoms with E-state index in [2.05, 4.69) is 9.41 Å². The number of aliphatic hydroxyl groups excluding tert-OH is 17. The van der Waals surface area contributed by atoms with Crippen molar-refractivity contribution in [3.05, 3.63) is 0 Å². The van der Waals surface area contributed by atoms with E-state index < -0.39 is 238 Å². The number of phosphoric ester groups is 1. The molecule has 0 spiro atoms. The summed E-state index contributed by atoms with van der Waals surface area (Å²) in [6.45, 7) is -2.68. The normalized spacial score (nSPS) is 49.3. The molecule has 6 aliphatic heterocycles. The van der Waals surface area contributed by atoms with Gasteiger partial charge in [-0.25, -0.2) is 0 Å². The number of hydrogen-bond donors (Lipinski definition) is 17. The second kappa shape index (κ2) is 27.1. The van der Waals surface area contributed by atoms with Crippen molar-refractivity contribution in [2.45, 2.75) is 204 Å². The van der Waals surface area contributed by atoms with Crippen molar-refractivity contribution in [3.63, 3.8) is 0 Å². The van der Waals surface area contributed by atoms with E-state index in [1.165, 1.54) is 13.8 Å². The van der Waals surface area contributed by atoms with Crippen LogP contribution in [-0.4, -0.2) is 317 Å². The van der Waals surface area contributed by atoms with Gasteiger partial charge in [0.15, 0.2) is 37.7 Å². The fourth-order valence-electron chi connectivity index (χ4n) is 8.83. The average molecular weight is 1130 g/mol. The molecule has 30 atom stereocenters. The van der Waals surface area contributed by atoms with Gasteiger partial charge in [-0.3, -0.25) is 0 Å². The van der Waals surface area contributed by atoms with Crippen molar-refractivity contribution in [2.75, 3.05) is 39.6 Å². The summed E-state index contributed by atoms with van der Waals surface area (Å²) >= 11 is 0. The summed E-state index contributed by atoms with van der Waals surface area (Å²) < 4.78 is 82.9. The Bertz CT molecular complexity index is 1780. The first kappa shape index (κ1) is 63.1. The lowest BCUT2D eigenvalue weighted by molar-refractivity contribution is -0.692. The highest BCUT2D eigenvalue weighted by Crippen LogP contribution is 2.36. The van der Waals surface area contributed by atoms with Crippen LogP contribution in [0.25, 0.3) is 0 Å². The molecule has 0 radical (unpaired) electrons. The van der Waals surface area contributed by atoms with Gasteiger partial charge in [0.05, 0.1) is 53.6 Å². The maximum absolute atomic E-state index is 11.7. The number of rotatable bonds is 21. The Morgan fingerprint density at radius 1 is 0.400 bits per heavy atom. The molecule has 6 fully saturated rings. The Morgan fingerprint density at radius 3 is 1.23 bits per heavy atom. The molecule has 0 aromatic rings. The SMILES string of the molecule is CC(C)O[C@@H]1OC(CO[C@H]2OC(CO[C@H]3OC(CO)[C@@H](O)[C@H](O)C3O[C@@H]3OC(CO[O-])[C@@H](O)[C@H](O)C3O)[C@@H](O)[C@H](O)C2O)[C@@H](O)[C@H](O[C@H]2OC(CO)[C@@H](O)[C@H](O)C2O[C@H]2OC(COP(=O)([O-])[O-])[C@@H](O)[C@H](O)C2O)C1O. The minimum absolute atomic E-state index is 0.730. The Kier molecular flexibility index (Phi) is 22.8. The van der Waals surface area contributed by atoms with Crippen LogP contribution in [0.1, 0.15) is 13.8 Å². The smallest absolute Gasteiger partial charge is 0.187 e. The zero-order valence-electron chi connectivity index (χ0n) is 39.5. The minimum Gasteiger partial charge on any atom is -0.790 e. The standard InChI is InChI=1S/C39H69O35P/c1-9(2)65-37-30(56)31(72-39-33(26(52)17(43)11(4-41)67-39)74-36-29(55)24(50)20(46)15(71-36)8-64-75(58,59)60)21(47)13(69-37)6-61-34-27(53)22(48)18(44)12(68-34)5-62-38-32(25(51)16(42)10(3-40)66-38)73-35-28(54)23(49)19(45)14(70-35)7-63-57/h9-57H,3-8H2,1-2H3,(H2,58,59,60)/p-3/t10?,11?,12?,13?,14?,15?,16-,17-,18-,19-,20-,21-,22+,23+,24+,25+,26+,27?,28?,29?,30?,31+,32?,33?,34+,35+,36-,37-,38+,39-/m1/s1. The van der Waals surface area contributed by atoms with Crippen LogP contribution in [-0.2, 0) is 70.8 Å². The van der Waals surface area contributed by atoms with Crippen molar-refractivity contribution in [3.8, 4) is 0 Å². The third-order valence-electron chi connectivity index (χ3n) is 13.1. The Hall–Kier alpha value is -1.13. The summed E-state index contributed by atoms with van der Waals surface area (Å²) in [5.74, 6) is 0. The van der Waals surface area contributed by atoms with E-state index in [1.54, 1.807) is 0 Å². The van der Waals surface area contributed by atoms with Gasteiger partial charge in [-0.2, -0.15) is 0 Å². The van der Waals surface area contributed by atoms with Crippen molar-refractivity contribution >= 4 is 7.82 Å². The number of phosphoric acid groups is 1. The number of ether oxygens (including phenoxy) is 12. The molecule has 6 rings (SSSR count). The Balaban J connectivity index is 1.17. The zero-order chi connectivity index (χ0) is 55.5. The van der Waals surface area contributed by atoms with E-state index in [9.17, 15) is 106 Å². The molecular formula is C39H66O35P-3. The van der Waals surface area contributed by atoms with Crippen LogP contribution in [0.15, 0.2) is 0 Å². The van der Waals surface area contributed by atoms with Crippen LogP contribution >= 0.6 is 7.82 Å². The van der Waals surface area contributed by atoms with Gasteiger partial charge in [0.2, 0.25) is 0 Å². The molecule has 6 aliphatic rings. The summed E-state index contributed by atoms with van der Waals surface area (Å²) in [5, 5.41) is 193. The maximum Gasteiger partial charge on any atom is 0.187 e. The molecule has 6 saturated heterocycles. The lowest BCUT2D eigenvalue weighted by Gasteiger charge is -2.49. The molecule has 0 bridgehead atoms. The van der Waals surface area contributed by atoms with E-state index >= 15 is 0 Å². The van der Waals surface area contributed by atoms with Crippen LogP contribution in [0, 0.1) is 0 Å². The summed E-state index contributed by atoms with van der Waals surface area (Å²) in [7, 11) is -5.68. The van der Waals surface area contributed by atoms with Crippen molar-refractivity contribution < 1.29 is 173 Å². The first-order chi connectivity index (χ1) is 35.2. The average Bonchev–Trinajstić information content (AvgIpc) is 3.36. The molecule has 0 aromatic heterocycles. The lowest BCUT2D eigenvalue weighted by Crippen LogP contribution is -2.67. The van der Waals surface area contributed by atoms with E-state index in [1.807, 2.05) is 0 Å². The first-order valence-corrected chi connectivity index (χ1v) is 24.8. The summed E-state index contributed by atoms with van der Waals surface area (Å²) in [5.41, 5.74) is 0. The summed E-state index contributed by atoms with van der Waals surface area (Å²) in [4.78, 5) is 26.0. The molecule has 440 valence electrons. The van der Waals surface area contributed by atoms with Gasteiger partial charge < -0.3 is 173 Å². The summed E-state index contributed by atoms with van der Waals surface area (Å²) in [6.07, 6.45) is -59.4. The third-order valence-corrected chi connectivity index (χ3v) is 13.5. The van der Waals surface area contributed by atoms with Crippen molar-refractivity contribution in [1.29, 1.82) is 0 Å². The predicted octanol–water partition coefficient (Wildman–Crippen LogP) is -14.5. The Morgan fingerprint density at radius 2 is 0.760 bits per heavy atom. The molecule has 35 nitrogen and oxygen atoms in total. The van der Waals surface area contributed by atoms with Crippen LogP contribution in [0.2, 0.25) is 0 Å². The van der Waals surface area contributed by atoms with Crippen LogP contribution in [0.5, 0.6) is 0 Å². The molecule has 0 amide bonds. The predicted molar refractivity (Wildman–Crippen MR) is 218 cm³/mol. The van der Waals surface area contributed by atoms with Gasteiger partial charge in [0.1, 0.15) is 146 Å². The largest absolute Gasteiger partial charge is 0.790 e. The molecule has 0 saturated carbocycles. The third kappa shape index (κ3) is 14.7. The topological polar surface area (TPSA) is 559 Å². The molecule has 0 aromatic carbocycles. The quantitative estimate of drug-likeness (QED) is 0.0288. The first-order valence-electron chi connectivity index (χ1n) is 23.3. The highest BCUT2D eigenvalue weighted by atomic mass is 31.2. The summed E-state index contributed by atoms with van der Waals surface area (Å²) in [6, 6.07) is 0. The highest BCUT2D eigenvalue weighted by molar-refractivity contribution is 7.43. The van der Waals surface area contributed by atoms with Gasteiger partial charge >= 0.3 is 0 Å². The molecule has 17 N–H and O–H groups in total. The number of aliphatic hydroxyl groups is 17.